The Hall–Kier alpha value is -4.31. The van der Waals surface area contributed by atoms with Crippen molar-refractivity contribution >= 4 is 29.1 Å². The van der Waals surface area contributed by atoms with Gasteiger partial charge >= 0.3 is 0 Å². The van der Waals surface area contributed by atoms with Gasteiger partial charge in [-0.15, -0.1) is 0 Å². The number of pyridine rings is 1. The maximum Gasteiger partial charge on any atom is 0.257 e. The lowest BCUT2D eigenvalue weighted by Gasteiger charge is -2.29. The summed E-state index contributed by atoms with van der Waals surface area (Å²) in [5.74, 6) is -0.918. The first-order chi connectivity index (χ1) is 19.0. The zero-order valence-electron chi connectivity index (χ0n) is 21.6. The predicted octanol–water partition coefficient (Wildman–Crippen LogP) is 2.87. The highest BCUT2D eigenvalue weighted by molar-refractivity contribution is 6.07. The molecule has 9 nitrogen and oxygen atoms in total. The quantitative estimate of drug-likeness (QED) is 0.527. The van der Waals surface area contributed by atoms with E-state index < -0.39 is 0 Å². The molecule has 2 fully saturated rings. The van der Waals surface area contributed by atoms with E-state index in [9.17, 15) is 18.8 Å². The summed E-state index contributed by atoms with van der Waals surface area (Å²) in [6.07, 6.45) is 3.81. The van der Waals surface area contributed by atoms with Gasteiger partial charge in [-0.3, -0.25) is 19.4 Å². The van der Waals surface area contributed by atoms with E-state index in [4.69, 9.17) is 0 Å². The molecule has 2 saturated heterocycles. The average Bonchev–Trinajstić information content (AvgIpc) is 3.24. The molecule has 0 unspecified atom stereocenters. The highest BCUT2D eigenvalue weighted by Crippen LogP contribution is 2.30. The van der Waals surface area contributed by atoms with E-state index in [1.54, 1.807) is 35.4 Å². The molecule has 2 aromatic carbocycles. The van der Waals surface area contributed by atoms with Gasteiger partial charge in [0.1, 0.15) is 5.82 Å². The van der Waals surface area contributed by atoms with E-state index in [0.717, 1.165) is 18.8 Å². The number of aromatic nitrogens is 1. The van der Waals surface area contributed by atoms with Crippen LogP contribution in [-0.4, -0.2) is 84.9 Å². The Labute approximate surface area is 226 Å². The fraction of sp³-hybridized carbons (Fsp3) is 0.310. The molecule has 0 aliphatic carbocycles. The van der Waals surface area contributed by atoms with Gasteiger partial charge in [-0.1, -0.05) is 0 Å². The second-order valence-corrected chi connectivity index (χ2v) is 9.61. The van der Waals surface area contributed by atoms with E-state index in [0.29, 0.717) is 68.1 Å². The Balaban J connectivity index is 1.38. The van der Waals surface area contributed by atoms with Crippen LogP contribution in [0.25, 0.3) is 0 Å². The minimum absolute atomic E-state index is 0.0770. The van der Waals surface area contributed by atoms with Crippen molar-refractivity contribution in [2.24, 2.45) is 0 Å². The van der Waals surface area contributed by atoms with Crippen LogP contribution in [-0.2, 0) is 0 Å². The first kappa shape index (κ1) is 26.3. The summed E-state index contributed by atoms with van der Waals surface area (Å²) in [7, 11) is 0. The third-order valence-corrected chi connectivity index (χ3v) is 7.03. The number of hydrogen-bond donors (Lipinski definition) is 2. The first-order valence-corrected chi connectivity index (χ1v) is 13.1. The Kier molecular flexibility index (Phi) is 8.12. The number of piperazine rings is 1. The second kappa shape index (κ2) is 12.0. The Morgan fingerprint density at radius 3 is 2.26 bits per heavy atom. The van der Waals surface area contributed by atoms with Crippen LogP contribution < -0.4 is 15.5 Å². The summed E-state index contributed by atoms with van der Waals surface area (Å²) in [5.41, 5.74) is 2.67. The van der Waals surface area contributed by atoms with E-state index in [2.05, 4.69) is 20.5 Å². The normalized spacial score (nSPS) is 16.0. The third kappa shape index (κ3) is 6.23. The van der Waals surface area contributed by atoms with Gasteiger partial charge in [0.15, 0.2) is 0 Å². The smallest absolute Gasteiger partial charge is 0.257 e. The van der Waals surface area contributed by atoms with Crippen molar-refractivity contribution in [1.29, 1.82) is 0 Å². The van der Waals surface area contributed by atoms with Crippen LogP contribution in [0.2, 0.25) is 0 Å². The molecule has 3 aromatic rings. The van der Waals surface area contributed by atoms with Gasteiger partial charge in [-0.05, 0) is 61.0 Å². The predicted molar refractivity (Wildman–Crippen MR) is 147 cm³/mol. The molecule has 0 spiro atoms. The van der Waals surface area contributed by atoms with E-state index in [1.165, 1.54) is 30.5 Å². The van der Waals surface area contributed by atoms with Crippen LogP contribution in [0, 0.1) is 5.82 Å². The van der Waals surface area contributed by atoms with Crippen molar-refractivity contribution in [3.8, 4) is 0 Å². The monoisotopic (exact) mass is 530 g/mol. The van der Waals surface area contributed by atoms with Crippen molar-refractivity contribution in [3.05, 3.63) is 89.5 Å². The highest BCUT2D eigenvalue weighted by Gasteiger charge is 2.24. The second-order valence-electron chi connectivity index (χ2n) is 9.61. The lowest BCUT2D eigenvalue weighted by atomic mass is 10.1. The number of anilines is 2. The number of amides is 3. The molecule has 2 aliphatic rings. The lowest BCUT2D eigenvalue weighted by molar-refractivity contribution is 0.0734. The molecule has 0 atom stereocenters. The lowest BCUT2D eigenvalue weighted by Crippen LogP contribution is -2.46. The minimum Gasteiger partial charge on any atom is -0.368 e. The number of rotatable bonds is 5. The van der Waals surface area contributed by atoms with Crippen LogP contribution in [0.1, 0.15) is 37.5 Å². The van der Waals surface area contributed by atoms with Gasteiger partial charge in [0, 0.05) is 75.9 Å². The van der Waals surface area contributed by atoms with Gasteiger partial charge in [0.2, 0.25) is 0 Å². The summed E-state index contributed by atoms with van der Waals surface area (Å²) in [4.78, 5) is 49.0. The van der Waals surface area contributed by atoms with E-state index >= 15 is 0 Å². The van der Waals surface area contributed by atoms with Crippen molar-refractivity contribution in [2.75, 3.05) is 62.6 Å². The number of hydrogen-bond acceptors (Lipinski definition) is 6. The van der Waals surface area contributed by atoms with Crippen LogP contribution in [0.5, 0.6) is 0 Å². The molecule has 5 rings (SSSR count). The van der Waals surface area contributed by atoms with Crippen molar-refractivity contribution < 1.29 is 18.8 Å². The summed E-state index contributed by atoms with van der Waals surface area (Å²) in [5, 5.41) is 6.24. The maximum atomic E-state index is 13.3. The number of carbonyl (C=O) groups excluding carboxylic acids is 3. The molecule has 202 valence electrons. The summed E-state index contributed by atoms with van der Waals surface area (Å²) >= 11 is 0. The zero-order valence-corrected chi connectivity index (χ0v) is 21.6. The van der Waals surface area contributed by atoms with Crippen LogP contribution >= 0.6 is 0 Å². The molecule has 0 bridgehead atoms. The average molecular weight is 531 g/mol. The highest BCUT2D eigenvalue weighted by atomic mass is 19.1. The molecule has 1 aromatic heterocycles. The topological polar surface area (TPSA) is 97.9 Å². The number of nitrogens with one attached hydrogen (secondary N) is 2. The van der Waals surface area contributed by atoms with E-state index in [-0.39, 0.29) is 23.5 Å². The van der Waals surface area contributed by atoms with Gasteiger partial charge in [-0.25, -0.2) is 4.39 Å². The summed E-state index contributed by atoms with van der Waals surface area (Å²) in [6, 6.07) is 14.4. The maximum absolute atomic E-state index is 13.3. The van der Waals surface area contributed by atoms with Crippen LogP contribution in [0.15, 0.2) is 67.0 Å². The first-order valence-electron chi connectivity index (χ1n) is 13.1. The van der Waals surface area contributed by atoms with Crippen molar-refractivity contribution in [1.82, 2.24) is 20.1 Å². The number of nitrogens with zero attached hydrogens (tertiary/aromatic N) is 4. The Morgan fingerprint density at radius 2 is 1.51 bits per heavy atom. The molecule has 0 saturated carbocycles. The summed E-state index contributed by atoms with van der Waals surface area (Å²) in [6.45, 7) is 4.97. The fourth-order valence-corrected chi connectivity index (χ4v) is 4.92. The van der Waals surface area contributed by atoms with Crippen molar-refractivity contribution in [2.45, 2.75) is 6.42 Å². The molecule has 2 aliphatic heterocycles. The molecule has 0 radical (unpaired) electrons. The van der Waals surface area contributed by atoms with Gasteiger partial charge < -0.3 is 25.3 Å². The number of benzene rings is 2. The molecule has 3 amide bonds. The van der Waals surface area contributed by atoms with Crippen LogP contribution in [0.4, 0.5) is 15.8 Å². The molecule has 39 heavy (non-hydrogen) atoms. The van der Waals surface area contributed by atoms with Gasteiger partial charge in [0.05, 0.1) is 16.9 Å². The Bertz CT molecular complexity index is 1330. The molecular weight excluding hydrogens is 499 g/mol. The molecule has 10 heteroatoms. The van der Waals surface area contributed by atoms with Gasteiger partial charge in [0.25, 0.3) is 17.7 Å². The zero-order chi connectivity index (χ0) is 27.2. The minimum atomic E-state index is -0.381. The van der Waals surface area contributed by atoms with E-state index in [1.807, 2.05) is 11.0 Å². The number of carbonyl (C=O) groups is 3. The van der Waals surface area contributed by atoms with Crippen LogP contribution in [0.3, 0.4) is 0 Å². The molecule has 3 heterocycles. The molecular formula is C29H31FN6O3. The third-order valence-electron chi connectivity index (χ3n) is 7.03. The number of halogens is 1. The standard InChI is InChI=1S/C29H31FN6O3/c30-24-7-4-21(5-8-24)28(38)35-14-2-13-34(17-18-35)26-9-6-22(29(39)36-15-11-31-12-16-36)19-25(26)33-27(37)23-3-1-10-32-20-23/h1,3-10,19-20,31H,2,11-18H2,(H,33,37). The SMILES string of the molecule is O=C(Nc1cc(C(=O)N2CCNCC2)ccc1N1CCCN(C(=O)c2ccc(F)cc2)CC1)c1cccnc1. The van der Waals surface area contributed by atoms with Gasteiger partial charge in [-0.2, -0.15) is 0 Å². The Morgan fingerprint density at radius 1 is 0.795 bits per heavy atom. The fourth-order valence-electron chi connectivity index (χ4n) is 4.92. The molecule has 2 N–H and O–H groups in total. The summed E-state index contributed by atoms with van der Waals surface area (Å²) < 4.78 is 13.3. The van der Waals surface area contributed by atoms with Crippen molar-refractivity contribution in [3.63, 3.8) is 0 Å². The largest absolute Gasteiger partial charge is 0.368 e.